The predicted octanol–water partition coefficient (Wildman–Crippen LogP) is 1.69. The third-order valence-electron chi connectivity index (χ3n) is 2.83. The molecule has 3 aromatic rings. The molecule has 0 fully saturated rings. The monoisotopic (exact) mass is 267 g/mol. The Morgan fingerprint density at radius 1 is 1.00 bits per heavy atom. The predicted molar refractivity (Wildman–Crippen MR) is 73.5 cm³/mol. The third kappa shape index (κ3) is 2.55. The molecule has 0 amide bonds. The van der Waals surface area contributed by atoms with Crippen molar-refractivity contribution in [1.29, 1.82) is 0 Å². The van der Waals surface area contributed by atoms with Crippen molar-refractivity contribution in [3.8, 4) is 23.1 Å². The van der Waals surface area contributed by atoms with E-state index in [4.69, 9.17) is 10.3 Å². The lowest BCUT2D eigenvalue weighted by molar-refractivity contribution is 0.432. The molecule has 20 heavy (non-hydrogen) atoms. The first-order valence-electron chi connectivity index (χ1n) is 6.27. The van der Waals surface area contributed by atoms with Crippen molar-refractivity contribution in [2.75, 3.05) is 6.54 Å². The molecular formula is C14H13N5O. The molecule has 2 aromatic heterocycles. The Balaban J connectivity index is 1.86. The molecule has 3 rings (SSSR count). The van der Waals surface area contributed by atoms with Crippen LogP contribution in [0.2, 0.25) is 0 Å². The van der Waals surface area contributed by atoms with E-state index in [-0.39, 0.29) is 0 Å². The maximum Gasteiger partial charge on any atom is 0.258 e. The molecule has 0 unspecified atom stereocenters. The van der Waals surface area contributed by atoms with Gasteiger partial charge in [0.25, 0.3) is 5.89 Å². The first-order valence-corrected chi connectivity index (χ1v) is 6.27. The Morgan fingerprint density at radius 3 is 2.45 bits per heavy atom. The van der Waals surface area contributed by atoms with Gasteiger partial charge in [-0.15, -0.1) is 0 Å². The van der Waals surface area contributed by atoms with E-state index in [1.807, 2.05) is 24.3 Å². The maximum absolute atomic E-state index is 5.52. The van der Waals surface area contributed by atoms with Crippen LogP contribution in [0, 0.1) is 0 Å². The van der Waals surface area contributed by atoms with Crippen molar-refractivity contribution in [3.63, 3.8) is 0 Å². The van der Waals surface area contributed by atoms with Crippen molar-refractivity contribution in [1.82, 2.24) is 20.1 Å². The molecule has 0 spiro atoms. The lowest BCUT2D eigenvalue weighted by atomic mass is 10.1. The standard InChI is InChI=1S/C14H13N5O/c15-7-6-10-2-4-11(5-3-10)14-18-13(19-20-14)12-16-8-1-9-17-12/h1-5,8-9H,6-7,15H2. The van der Waals surface area contributed by atoms with Crippen LogP contribution >= 0.6 is 0 Å². The number of hydrogen-bond donors (Lipinski definition) is 1. The molecule has 0 aliphatic heterocycles. The van der Waals surface area contributed by atoms with E-state index in [9.17, 15) is 0 Å². The topological polar surface area (TPSA) is 90.7 Å². The zero-order valence-electron chi connectivity index (χ0n) is 10.7. The molecular weight excluding hydrogens is 254 g/mol. The van der Waals surface area contributed by atoms with E-state index in [0.717, 1.165) is 12.0 Å². The van der Waals surface area contributed by atoms with Crippen molar-refractivity contribution in [2.24, 2.45) is 5.73 Å². The fourth-order valence-electron chi connectivity index (χ4n) is 1.83. The highest BCUT2D eigenvalue weighted by atomic mass is 16.5. The van der Waals surface area contributed by atoms with Gasteiger partial charge in [0, 0.05) is 18.0 Å². The second-order valence-electron chi connectivity index (χ2n) is 4.23. The number of nitrogens with two attached hydrogens (primary N) is 1. The Morgan fingerprint density at radius 2 is 1.75 bits per heavy atom. The molecule has 100 valence electrons. The van der Waals surface area contributed by atoms with E-state index in [0.29, 0.717) is 24.1 Å². The van der Waals surface area contributed by atoms with Crippen LogP contribution in [0.25, 0.3) is 23.1 Å². The number of nitrogens with zero attached hydrogens (tertiary/aromatic N) is 4. The molecule has 6 heteroatoms. The molecule has 0 radical (unpaired) electrons. The van der Waals surface area contributed by atoms with Crippen LogP contribution in [0.4, 0.5) is 0 Å². The van der Waals surface area contributed by atoms with Crippen molar-refractivity contribution >= 4 is 0 Å². The summed E-state index contributed by atoms with van der Waals surface area (Å²) in [5.41, 5.74) is 7.57. The summed E-state index contributed by atoms with van der Waals surface area (Å²) in [6.07, 6.45) is 4.13. The summed E-state index contributed by atoms with van der Waals surface area (Å²) >= 11 is 0. The zero-order chi connectivity index (χ0) is 13.8. The average Bonchev–Trinajstić information content (AvgIpc) is 2.99. The number of rotatable bonds is 4. The molecule has 0 aliphatic rings. The minimum atomic E-state index is 0.381. The Labute approximate surface area is 115 Å². The molecule has 0 saturated heterocycles. The summed E-state index contributed by atoms with van der Waals surface area (Å²) in [5.74, 6) is 1.28. The van der Waals surface area contributed by atoms with Crippen molar-refractivity contribution < 1.29 is 4.52 Å². The molecule has 0 atom stereocenters. The second kappa shape index (κ2) is 5.58. The summed E-state index contributed by atoms with van der Waals surface area (Å²) in [7, 11) is 0. The maximum atomic E-state index is 5.52. The van der Waals surface area contributed by atoms with Crippen LogP contribution in [0.15, 0.2) is 47.2 Å². The van der Waals surface area contributed by atoms with Gasteiger partial charge in [-0.1, -0.05) is 17.3 Å². The van der Waals surface area contributed by atoms with Crippen LogP contribution in [-0.4, -0.2) is 26.7 Å². The van der Waals surface area contributed by atoms with E-state index in [1.54, 1.807) is 18.5 Å². The lowest BCUT2D eigenvalue weighted by Gasteiger charge is -1.98. The third-order valence-corrected chi connectivity index (χ3v) is 2.83. The average molecular weight is 267 g/mol. The fourth-order valence-corrected chi connectivity index (χ4v) is 1.83. The first kappa shape index (κ1) is 12.4. The number of benzene rings is 1. The molecule has 0 aliphatic carbocycles. The van der Waals surface area contributed by atoms with Gasteiger partial charge in [0.2, 0.25) is 11.6 Å². The highest BCUT2D eigenvalue weighted by Gasteiger charge is 2.12. The highest BCUT2D eigenvalue weighted by molar-refractivity contribution is 5.56. The molecule has 0 saturated carbocycles. The summed E-state index contributed by atoms with van der Waals surface area (Å²) in [6.45, 7) is 0.634. The van der Waals surface area contributed by atoms with Gasteiger partial charge in [0.05, 0.1) is 0 Å². The smallest absolute Gasteiger partial charge is 0.258 e. The Kier molecular flexibility index (Phi) is 3.47. The van der Waals surface area contributed by atoms with E-state index in [2.05, 4.69) is 20.1 Å². The van der Waals surface area contributed by atoms with Gasteiger partial charge in [-0.05, 0) is 36.7 Å². The van der Waals surface area contributed by atoms with Crippen LogP contribution in [0.5, 0.6) is 0 Å². The normalized spacial score (nSPS) is 10.7. The summed E-state index contributed by atoms with van der Waals surface area (Å²) in [5, 5.41) is 3.89. The van der Waals surface area contributed by atoms with E-state index < -0.39 is 0 Å². The largest absolute Gasteiger partial charge is 0.334 e. The van der Waals surface area contributed by atoms with Crippen molar-refractivity contribution in [2.45, 2.75) is 6.42 Å². The quantitative estimate of drug-likeness (QED) is 0.773. The minimum absolute atomic E-state index is 0.381. The Hall–Kier alpha value is -2.60. The molecule has 6 nitrogen and oxygen atoms in total. The summed E-state index contributed by atoms with van der Waals surface area (Å²) in [4.78, 5) is 12.5. The van der Waals surface area contributed by atoms with E-state index >= 15 is 0 Å². The minimum Gasteiger partial charge on any atom is -0.334 e. The van der Waals surface area contributed by atoms with Gasteiger partial charge in [-0.2, -0.15) is 4.98 Å². The SMILES string of the molecule is NCCc1ccc(-c2nc(-c3ncccn3)no2)cc1. The summed E-state index contributed by atoms with van der Waals surface area (Å²) in [6, 6.07) is 9.62. The van der Waals surface area contributed by atoms with Gasteiger partial charge < -0.3 is 10.3 Å². The van der Waals surface area contributed by atoms with Gasteiger partial charge in [-0.3, -0.25) is 0 Å². The fraction of sp³-hybridized carbons (Fsp3) is 0.143. The Bertz CT molecular complexity index is 678. The summed E-state index contributed by atoms with van der Waals surface area (Å²) < 4.78 is 5.24. The van der Waals surface area contributed by atoms with Crippen LogP contribution in [0.3, 0.4) is 0 Å². The van der Waals surface area contributed by atoms with Gasteiger partial charge >= 0.3 is 0 Å². The highest BCUT2D eigenvalue weighted by Crippen LogP contribution is 2.20. The second-order valence-corrected chi connectivity index (χ2v) is 4.23. The number of hydrogen-bond acceptors (Lipinski definition) is 6. The molecule has 2 heterocycles. The number of aromatic nitrogens is 4. The molecule has 0 bridgehead atoms. The molecule has 2 N–H and O–H groups in total. The van der Waals surface area contributed by atoms with Crippen LogP contribution in [0.1, 0.15) is 5.56 Å². The van der Waals surface area contributed by atoms with Gasteiger partial charge in [0.1, 0.15) is 0 Å². The van der Waals surface area contributed by atoms with E-state index in [1.165, 1.54) is 5.56 Å². The van der Waals surface area contributed by atoms with Gasteiger partial charge in [-0.25, -0.2) is 9.97 Å². The lowest BCUT2D eigenvalue weighted by Crippen LogP contribution is -2.02. The van der Waals surface area contributed by atoms with Crippen molar-refractivity contribution in [3.05, 3.63) is 48.3 Å². The van der Waals surface area contributed by atoms with Crippen LogP contribution < -0.4 is 5.73 Å². The first-order chi connectivity index (χ1) is 9.86. The zero-order valence-corrected chi connectivity index (χ0v) is 10.7. The van der Waals surface area contributed by atoms with Crippen LogP contribution in [-0.2, 0) is 6.42 Å². The van der Waals surface area contributed by atoms with Gasteiger partial charge in [0.15, 0.2) is 0 Å². The molecule has 1 aromatic carbocycles.